The Kier molecular flexibility index (Phi) is 1.83. The van der Waals surface area contributed by atoms with E-state index in [4.69, 9.17) is 5.21 Å². The molecule has 5 nitrogen and oxygen atoms in total. The lowest BCUT2D eigenvalue weighted by Crippen LogP contribution is -2.33. The van der Waals surface area contributed by atoms with Gasteiger partial charge in [0.1, 0.15) is 5.71 Å². The fraction of sp³-hybridized carbons (Fsp3) is 0.667. The Bertz CT molecular complexity index is 366. The second-order valence-electron chi connectivity index (χ2n) is 4.10. The number of fused-ring (bicyclic) bond motifs is 1. The van der Waals surface area contributed by atoms with Crippen molar-refractivity contribution in [3.63, 3.8) is 0 Å². The predicted octanol–water partition coefficient (Wildman–Crippen LogP) is 1.14. The SMILES string of the molecule is CC1(C)N=C2C(=[N+]1[O-])CCC/C2=N/O. The van der Waals surface area contributed by atoms with E-state index in [0.717, 1.165) is 17.6 Å². The lowest BCUT2D eigenvalue weighted by molar-refractivity contribution is -0.533. The molecule has 2 aliphatic rings. The molecule has 2 rings (SSSR count). The summed E-state index contributed by atoms with van der Waals surface area (Å²) in [6.45, 7) is 3.51. The van der Waals surface area contributed by atoms with Gasteiger partial charge in [0, 0.05) is 20.3 Å². The molecule has 0 bridgehead atoms. The number of hydroxylamine groups is 1. The van der Waals surface area contributed by atoms with Gasteiger partial charge in [0.05, 0.1) is 0 Å². The highest BCUT2D eigenvalue weighted by Crippen LogP contribution is 2.24. The van der Waals surface area contributed by atoms with E-state index in [1.807, 2.05) is 0 Å². The third-order valence-electron chi connectivity index (χ3n) is 2.62. The van der Waals surface area contributed by atoms with Crippen LogP contribution < -0.4 is 0 Å². The van der Waals surface area contributed by atoms with Gasteiger partial charge in [0.25, 0.3) is 5.66 Å². The van der Waals surface area contributed by atoms with Gasteiger partial charge in [0.2, 0.25) is 5.71 Å². The maximum absolute atomic E-state index is 11.8. The van der Waals surface area contributed by atoms with Crippen molar-refractivity contribution < 1.29 is 9.95 Å². The molecular weight excluding hydrogens is 182 g/mol. The average molecular weight is 195 g/mol. The van der Waals surface area contributed by atoms with Crippen LogP contribution >= 0.6 is 0 Å². The minimum atomic E-state index is -0.745. The van der Waals surface area contributed by atoms with E-state index < -0.39 is 5.66 Å². The Balaban J connectivity index is 2.51. The van der Waals surface area contributed by atoms with E-state index in [0.29, 0.717) is 23.6 Å². The van der Waals surface area contributed by atoms with Gasteiger partial charge >= 0.3 is 0 Å². The maximum Gasteiger partial charge on any atom is 0.260 e. The van der Waals surface area contributed by atoms with Gasteiger partial charge in [-0.25, -0.2) is 4.99 Å². The van der Waals surface area contributed by atoms with Crippen LogP contribution in [0.5, 0.6) is 0 Å². The van der Waals surface area contributed by atoms with Crippen LogP contribution in [0.3, 0.4) is 0 Å². The summed E-state index contributed by atoms with van der Waals surface area (Å²) in [4.78, 5) is 4.28. The summed E-state index contributed by atoms with van der Waals surface area (Å²) in [7, 11) is 0. The van der Waals surface area contributed by atoms with Gasteiger partial charge in [0.15, 0.2) is 5.71 Å². The fourth-order valence-corrected chi connectivity index (χ4v) is 1.90. The van der Waals surface area contributed by atoms with E-state index in [2.05, 4.69) is 10.1 Å². The lowest BCUT2D eigenvalue weighted by atomic mass is 9.95. The topological polar surface area (TPSA) is 71.0 Å². The van der Waals surface area contributed by atoms with Gasteiger partial charge in [-0.15, -0.1) is 0 Å². The molecule has 1 fully saturated rings. The number of rotatable bonds is 0. The highest BCUT2D eigenvalue weighted by atomic mass is 16.5. The van der Waals surface area contributed by atoms with Crippen molar-refractivity contribution in [2.24, 2.45) is 10.1 Å². The molecular formula is C9H13N3O2. The zero-order chi connectivity index (χ0) is 10.3. The minimum absolute atomic E-state index is 0.540. The zero-order valence-corrected chi connectivity index (χ0v) is 8.32. The minimum Gasteiger partial charge on any atom is -0.622 e. The van der Waals surface area contributed by atoms with Crippen molar-refractivity contribution >= 4 is 17.1 Å². The number of nitrogens with zero attached hydrogens (tertiary/aromatic N) is 3. The summed E-state index contributed by atoms with van der Waals surface area (Å²) in [5.74, 6) is 0. The molecule has 0 unspecified atom stereocenters. The quantitative estimate of drug-likeness (QED) is 0.272. The number of aliphatic imine (C=N–C) groups is 1. The number of oxime groups is 1. The summed E-state index contributed by atoms with van der Waals surface area (Å²) in [6.07, 6.45) is 2.27. The Hall–Kier alpha value is -1.39. The molecule has 0 spiro atoms. The molecule has 1 aliphatic carbocycles. The monoisotopic (exact) mass is 195 g/mol. The summed E-state index contributed by atoms with van der Waals surface area (Å²) in [5.41, 5.74) is 1.05. The molecule has 0 amide bonds. The second kappa shape index (κ2) is 2.80. The van der Waals surface area contributed by atoms with Crippen LogP contribution in [0.15, 0.2) is 10.1 Å². The lowest BCUT2D eigenvalue weighted by Gasteiger charge is -2.16. The van der Waals surface area contributed by atoms with Crippen LogP contribution in [0, 0.1) is 5.21 Å². The molecule has 14 heavy (non-hydrogen) atoms. The highest BCUT2D eigenvalue weighted by molar-refractivity contribution is 6.68. The smallest absolute Gasteiger partial charge is 0.260 e. The molecule has 1 saturated carbocycles. The van der Waals surface area contributed by atoms with Crippen LogP contribution in [0.1, 0.15) is 33.1 Å². The van der Waals surface area contributed by atoms with Crippen LogP contribution in [0.25, 0.3) is 0 Å². The third kappa shape index (κ3) is 1.12. The highest BCUT2D eigenvalue weighted by Gasteiger charge is 2.42. The van der Waals surface area contributed by atoms with Crippen molar-refractivity contribution in [1.29, 1.82) is 0 Å². The van der Waals surface area contributed by atoms with Gasteiger partial charge < -0.3 is 10.4 Å². The van der Waals surface area contributed by atoms with Gasteiger partial charge in [-0.3, -0.25) is 0 Å². The molecule has 5 heteroatoms. The van der Waals surface area contributed by atoms with Crippen molar-refractivity contribution in [3.05, 3.63) is 5.21 Å². The fourth-order valence-electron chi connectivity index (χ4n) is 1.90. The molecule has 0 aromatic rings. The maximum atomic E-state index is 11.8. The van der Waals surface area contributed by atoms with Crippen molar-refractivity contribution in [2.75, 3.05) is 0 Å². The van der Waals surface area contributed by atoms with E-state index in [-0.39, 0.29) is 0 Å². The van der Waals surface area contributed by atoms with Crippen LogP contribution in [-0.2, 0) is 0 Å². The first-order chi connectivity index (χ1) is 6.56. The van der Waals surface area contributed by atoms with Crippen molar-refractivity contribution in [2.45, 2.75) is 38.8 Å². The Morgan fingerprint density at radius 3 is 2.86 bits per heavy atom. The van der Waals surface area contributed by atoms with Gasteiger partial charge in [-0.2, -0.15) is 4.74 Å². The van der Waals surface area contributed by atoms with E-state index in [1.165, 1.54) is 0 Å². The largest absolute Gasteiger partial charge is 0.622 e. The molecule has 0 atom stereocenters. The molecule has 0 aromatic carbocycles. The van der Waals surface area contributed by atoms with Crippen LogP contribution in [0.2, 0.25) is 0 Å². The molecule has 0 aromatic heterocycles. The molecule has 76 valence electrons. The first-order valence-electron chi connectivity index (χ1n) is 4.71. The standard InChI is InChI=1S/C9H13N3O2/c1-9(2)10-8-6(11-13)4-3-5-7(8)12(9)14/h13H,3-5H2,1-2H3/b11-6-. The van der Waals surface area contributed by atoms with Crippen molar-refractivity contribution in [3.8, 4) is 0 Å². The Labute approximate surface area is 82.0 Å². The second-order valence-corrected chi connectivity index (χ2v) is 4.10. The summed E-state index contributed by atoms with van der Waals surface area (Å²) >= 11 is 0. The van der Waals surface area contributed by atoms with E-state index in [1.54, 1.807) is 13.8 Å². The van der Waals surface area contributed by atoms with Crippen LogP contribution in [0.4, 0.5) is 0 Å². The average Bonchev–Trinajstić information content (AvgIpc) is 2.38. The predicted molar refractivity (Wildman–Crippen MR) is 53.2 cm³/mol. The molecule has 0 saturated heterocycles. The first kappa shape index (κ1) is 9.18. The summed E-state index contributed by atoms with van der Waals surface area (Å²) in [6, 6.07) is 0. The zero-order valence-electron chi connectivity index (χ0n) is 8.32. The van der Waals surface area contributed by atoms with Gasteiger partial charge in [-0.05, 0) is 12.8 Å². The molecule has 1 N–H and O–H groups in total. The summed E-state index contributed by atoms with van der Waals surface area (Å²) < 4.78 is 0.923. The number of hydrogen-bond acceptors (Lipinski definition) is 4. The third-order valence-corrected chi connectivity index (χ3v) is 2.62. The van der Waals surface area contributed by atoms with Crippen molar-refractivity contribution in [1.82, 2.24) is 0 Å². The van der Waals surface area contributed by atoms with Gasteiger partial charge in [-0.1, -0.05) is 5.16 Å². The van der Waals surface area contributed by atoms with E-state index in [9.17, 15) is 5.21 Å². The van der Waals surface area contributed by atoms with E-state index >= 15 is 0 Å². The van der Waals surface area contributed by atoms with Crippen LogP contribution in [-0.4, -0.2) is 32.7 Å². The normalized spacial score (nSPS) is 27.9. The Morgan fingerprint density at radius 2 is 2.21 bits per heavy atom. The number of hydrogen-bond donors (Lipinski definition) is 1. The summed E-state index contributed by atoms with van der Waals surface area (Å²) in [5, 5.41) is 23.7. The molecule has 1 heterocycles. The Morgan fingerprint density at radius 1 is 1.50 bits per heavy atom. The molecule has 0 radical (unpaired) electrons. The molecule has 1 aliphatic heterocycles. The first-order valence-corrected chi connectivity index (χ1v) is 4.71.